The molecule has 1 N–H and O–H groups in total. The lowest BCUT2D eigenvalue weighted by Crippen LogP contribution is -2.42. The van der Waals surface area contributed by atoms with E-state index in [1.807, 2.05) is 30.3 Å². The van der Waals surface area contributed by atoms with E-state index in [1.54, 1.807) is 0 Å². The molecule has 3 heteroatoms. The number of nitrogens with zero attached hydrogens (tertiary/aromatic N) is 1. The molecule has 0 amide bonds. The van der Waals surface area contributed by atoms with Crippen LogP contribution in [-0.4, -0.2) is 43.7 Å². The molecule has 20 heavy (non-hydrogen) atoms. The third-order valence-corrected chi connectivity index (χ3v) is 4.72. The van der Waals surface area contributed by atoms with Crippen molar-refractivity contribution in [3.63, 3.8) is 0 Å². The maximum Gasteiger partial charge on any atom is 0.119 e. The van der Waals surface area contributed by atoms with Crippen molar-refractivity contribution >= 4 is 0 Å². The SMILES string of the molecule is c1ccc(OCCN2CCC(C3CCCN3)CC2)cc1. The third-order valence-electron chi connectivity index (χ3n) is 4.72. The minimum atomic E-state index is 0.802. The van der Waals surface area contributed by atoms with Gasteiger partial charge < -0.3 is 10.1 Å². The molecule has 0 aromatic heterocycles. The van der Waals surface area contributed by atoms with E-state index in [-0.39, 0.29) is 0 Å². The van der Waals surface area contributed by atoms with Crippen LogP contribution in [0.2, 0.25) is 0 Å². The summed E-state index contributed by atoms with van der Waals surface area (Å²) in [7, 11) is 0. The molecule has 1 aromatic rings. The first-order valence-electron chi connectivity index (χ1n) is 8.05. The Morgan fingerprint density at radius 2 is 1.90 bits per heavy atom. The van der Waals surface area contributed by atoms with Crippen molar-refractivity contribution in [1.82, 2.24) is 10.2 Å². The lowest BCUT2D eigenvalue weighted by Gasteiger charge is -2.34. The summed E-state index contributed by atoms with van der Waals surface area (Å²) in [6.45, 7) is 5.56. The van der Waals surface area contributed by atoms with Gasteiger partial charge in [0.05, 0.1) is 0 Å². The van der Waals surface area contributed by atoms with Gasteiger partial charge in [-0.1, -0.05) is 18.2 Å². The molecule has 0 spiro atoms. The third kappa shape index (κ3) is 3.74. The zero-order valence-corrected chi connectivity index (χ0v) is 12.3. The molecule has 1 aromatic carbocycles. The first-order chi connectivity index (χ1) is 9.92. The Kier molecular flexibility index (Phi) is 4.93. The highest BCUT2D eigenvalue weighted by Crippen LogP contribution is 2.25. The molecule has 2 fully saturated rings. The van der Waals surface area contributed by atoms with Crippen LogP contribution >= 0.6 is 0 Å². The van der Waals surface area contributed by atoms with Crippen LogP contribution in [0.5, 0.6) is 5.75 Å². The Labute approximate surface area is 122 Å². The number of rotatable bonds is 5. The van der Waals surface area contributed by atoms with Gasteiger partial charge >= 0.3 is 0 Å². The molecule has 2 aliphatic heterocycles. The molecular weight excluding hydrogens is 248 g/mol. The summed E-state index contributed by atoms with van der Waals surface area (Å²) in [4.78, 5) is 2.55. The molecule has 0 bridgehead atoms. The average Bonchev–Trinajstić information content (AvgIpc) is 3.03. The Hall–Kier alpha value is -1.06. The van der Waals surface area contributed by atoms with E-state index in [0.29, 0.717) is 0 Å². The second-order valence-electron chi connectivity index (χ2n) is 6.04. The summed E-state index contributed by atoms with van der Waals surface area (Å²) in [6, 6.07) is 10.9. The van der Waals surface area contributed by atoms with Gasteiger partial charge in [0.2, 0.25) is 0 Å². The zero-order valence-electron chi connectivity index (χ0n) is 12.3. The topological polar surface area (TPSA) is 24.5 Å². The lowest BCUT2D eigenvalue weighted by molar-refractivity contribution is 0.141. The maximum atomic E-state index is 5.78. The molecule has 2 saturated heterocycles. The van der Waals surface area contributed by atoms with Crippen molar-refractivity contribution < 1.29 is 4.74 Å². The van der Waals surface area contributed by atoms with E-state index in [9.17, 15) is 0 Å². The number of benzene rings is 1. The number of piperidine rings is 1. The van der Waals surface area contributed by atoms with Gasteiger partial charge in [0.25, 0.3) is 0 Å². The van der Waals surface area contributed by atoms with E-state index in [2.05, 4.69) is 10.2 Å². The maximum absolute atomic E-state index is 5.78. The van der Waals surface area contributed by atoms with Crippen molar-refractivity contribution in [2.75, 3.05) is 32.8 Å². The summed E-state index contributed by atoms with van der Waals surface area (Å²) >= 11 is 0. The molecule has 3 nitrogen and oxygen atoms in total. The highest BCUT2D eigenvalue weighted by Gasteiger charge is 2.27. The van der Waals surface area contributed by atoms with Crippen molar-refractivity contribution in [1.29, 1.82) is 0 Å². The number of hydrogen-bond donors (Lipinski definition) is 1. The van der Waals surface area contributed by atoms with Gasteiger partial charge in [-0.15, -0.1) is 0 Å². The Balaban J connectivity index is 1.34. The van der Waals surface area contributed by atoms with Crippen molar-refractivity contribution in [3.8, 4) is 5.75 Å². The predicted octanol–water partition coefficient (Wildman–Crippen LogP) is 2.53. The van der Waals surface area contributed by atoms with Crippen LogP contribution in [0.4, 0.5) is 0 Å². The largest absolute Gasteiger partial charge is 0.492 e. The Bertz CT molecular complexity index is 381. The van der Waals surface area contributed by atoms with Gasteiger partial charge in [-0.25, -0.2) is 0 Å². The van der Waals surface area contributed by atoms with Gasteiger partial charge in [-0.2, -0.15) is 0 Å². The van der Waals surface area contributed by atoms with E-state index < -0.39 is 0 Å². The molecule has 3 rings (SSSR count). The van der Waals surface area contributed by atoms with Crippen molar-refractivity contribution in [2.24, 2.45) is 5.92 Å². The second kappa shape index (κ2) is 7.09. The Morgan fingerprint density at radius 1 is 1.10 bits per heavy atom. The molecule has 2 heterocycles. The van der Waals surface area contributed by atoms with Crippen LogP contribution in [0.1, 0.15) is 25.7 Å². The lowest BCUT2D eigenvalue weighted by atomic mass is 9.88. The summed E-state index contributed by atoms with van der Waals surface area (Å²) in [6.07, 6.45) is 5.46. The minimum absolute atomic E-state index is 0.802. The highest BCUT2D eigenvalue weighted by molar-refractivity contribution is 5.20. The van der Waals surface area contributed by atoms with Crippen LogP contribution in [0.3, 0.4) is 0 Å². The standard InChI is InChI=1S/C17H26N2O/c1-2-5-16(6-3-1)20-14-13-19-11-8-15(9-12-19)17-7-4-10-18-17/h1-3,5-6,15,17-18H,4,7-14H2. The molecule has 0 saturated carbocycles. The fourth-order valence-corrected chi connectivity index (χ4v) is 3.50. The fraction of sp³-hybridized carbons (Fsp3) is 0.647. The number of ether oxygens (including phenoxy) is 1. The second-order valence-corrected chi connectivity index (χ2v) is 6.04. The van der Waals surface area contributed by atoms with Crippen molar-refractivity contribution in [3.05, 3.63) is 30.3 Å². The van der Waals surface area contributed by atoms with Crippen LogP contribution in [-0.2, 0) is 0 Å². The minimum Gasteiger partial charge on any atom is -0.492 e. The predicted molar refractivity (Wildman–Crippen MR) is 82.1 cm³/mol. The Morgan fingerprint density at radius 3 is 2.60 bits per heavy atom. The fourth-order valence-electron chi connectivity index (χ4n) is 3.50. The van der Waals surface area contributed by atoms with E-state index in [4.69, 9.17) is 4.74 Å². The van der Waals surface area contributed by atoms with Crippen LogP contribution in [0.15, 0.2) is 30.3 Å². The molecule has 1 unspecified atom stereocenters. The van der Waals surface area contributed by atoms with E-state index >= 15 is 0 Å². The molecule has 110 valence electrons. The van der Waals surface area contributed by atoms with Crippen molar-refractivity contribution in [2.45, 2.75) is 31.7 Å². The smallest absolute Gasteiger partial charge is 0.119 e. The van der Waals surface area contributed by atoms with Crippen LogP contribution < -0.4 is 10.1 Å². The average molecular weight is 274 g/mol. The zero-order chi connectivity index (χ0) is 13.6. The quantitative estimate of drug-likeness (QED) is 0.893. The highest BCUT2D eigenvalue weighted by atomic mass is 16.5. The summed E-state index contributed by atoms with van der Waals surface area (Å²) < 4.78 is 5.78. The van der Waals surface area contributed by atoms with E-state index in [0.717, 1.165) is 30.9 Å². The summed E-state index contributed by atoms with van der Waals surface area (Å²) in [5.74, 6) is 1.89. The number of likely N-dealkylation sites (tertiary alicyclic amines) is 1. The molecule has 0 radical (unpaired) electrons. The molecule has 0 aliphatic carbocycles. The molecule has 1 atom stereocenters. The number of hydrogen-bond acceptors (Lipinski definition) is 3. The van der Waals surface area contributed by atoms with Crippen LogP contribution in [0, 0.1) is 5.92 Å². The van der Waals surface area contributed by atoms with Gasteiger partial charge in [-0.05, 0) is 63.4 Å². The normalized spacial score (nSPS) is 24.9. The first kappa shape index (κ1) is 13.9. The monoisotopic (exact) mass is 274 g/mol. The molecular formula is C17H26N2O. The molecule has 2 aliphatic rings. The summed E-state index contributed by atoms with van der Waals surface area (Å²) in [5.41, 5.74) is 0. The first-order valence-corrected chi connectivity index (χ1v) is 8.05. The number of nitrogens with one attached hydrogen (secondary N) is 1. The van der Waals surface area contributed by atoms with Gasteiger partial charge in [-0.3, -0.25) is 4.90 Å². The van der Waals surface area contributed by atoms with Gasteiger partial charge in [0.1, 0.15) is 12.4 Å². The van der Waals surface area contributed by atoms with Crippen LogP contribution in [0.25, 0.3) is 0 Å². The summed E-state index contributed by atoms with van der Waals surface area (Å²) in [5, 5.41) is 3.66. The van der Waals surface area contributed by atoms with Gasteiger partial charge in [0.15, 0.2) is 0 Å². The number of para-hydroxylation sites is 1. The van der Waals surface area contributed by atoms with E-state index in [1.165, 1.54) is 45.3 Å². The van der Waals surface area contributed by atoms with Gasteiger partial charge in [0, 0.05) is 12.6 Å².